The van der Waals surface area contributed by atoms with Crippen LogP contribution in [0.4, 0.5) is 0 Å². The monoisotopic (exact) mass is 186 g/mol. The van der Waals surface area contributed by atoms with Crippen LogP contribution in [-0.2, 0) is 11.8 Å². The molecule has 0 aromatic carbocycles. The van der Waals surface area contributed by atoms with Crippen LogP contribution in [0.1, 0.15) is 11.2 Å². The van der Waals surface area contributed by atoms with E-state index >= 15 is 0 Å². The maximum atomic E-state index is 11.1. The quantitative estimate of drug-likeness (QED) is 0.668. The molecule has 0 aliphatic heterocycles. The molecular weight excluding hydrogens is 179 g/mol. The molecule has 0 bridgehead atoms. The van der Waals surface area contributed by atoms with Gasteiger partial charge in [0.15, 0.2) is 0 Å². The van der Waals surface area contributed by atoms with E-state index in [0.29, 0.717) is 6.42 Å². The lowest BCUT2D eigenvalue weighted by molar-refractivity contribution is 0.0910. The van der Waals surface area contributed by atoms with E-state index in [1.165, 1.54) is 10.9 Å². The minimum Gasteiger partial charge on any atom is -0.276 e. The first-order valence-electron chi connectivity index (χ1n) is 3.15. The van der Waals surface area contributed by atoms with Crippen LogP contribution in [0.3, 0.4) is 0 Å². The highest BCUT2D eigenvalue weighted by Crippen LogP contribution is 1.98. The maximum Gasteiger partial charge on any atom is 0.232 e. The van der Waals surface area contributed by atoms with Gasteiger partial charge in [-0.15, -0.1) is 0 Å². The first kappa shape index (κ1) is 8.50. The van der Waals surface area contributed by atoms with E-state index in [-0.39, 0.29) is 5.91 Å². The second kappa shape index (κ2) is 4.31. The van der Waals surface area contributed by atoms with Crippen LogP contribution >= 0.6 is 7.36 Å². The van der Waals surface area contributed by atoms with Crippen molar-refractivity contribution in [2.45, 2.75) is 6.42 Å². The van der Waals surface area contributed by atoms with Crippen molar-refractivity contribution >= 4 is 25.1 Å². The van der Waals surface area contributed by atoms with E-state index in [1.807, 2.05) is 0 Å². The molecule has 0 amide bonds. The normalized spacial score (nSPS) is 10.2. The Hall–Kier alpha value is -0.600. The molecule has 11 heavy (non-hydrogen) atoms. The van der Waals surface area contributed by atoms with Crippen LogP contribution in [-0.4, -0.2) is 21.6 Å². The lowest BCUT2D eigenvalue weighted by Crippen LogP contribution is -2.07. The number of carbonyl (C=O) groups is 1. The summed E-state index contributed by atoms with van der Waals surface area (Å²) in [6, 6.07) is 0. The largest absolute Gasteiger partial charge is 0.276 e. The van der Waals surface area contributed by atoms with Gasteiger partial charge in [0.05, 0.1) is 0 Å². The fraction of sp³-hybridized carbons (Fsp3) is 0.333. The summed E-state index contributed by atoms with van der Waals surface area (Å²) >= 11 is 4.69. The molecule has 0 aliphatic carbocycles. The number of nitrogens with zero attached hydrogens (tertiary/aromatic N) is 2. The zero-order valence-corrected chi connectivity index (χ0v) is 7.52. The van der Waals surface area contributed by atoms with Gasteiger partial charge in [-0.1, -0.05) is 11.8 Å². The Morgan fingerprint density at radius 1 is 1.73 bits per heavy atom. The van der Waals surface area contributed by atoms with Crippen molar-refractivity contribution in [3.8, 4) is 0 Å². The zero-order valence-electron chi connectivity index (χ0n) is 5.80. The molecule has 0 saturated carbocycles. The molecule has 1 aromatic rings. The summed E-state index contributed by atoms with van der Waals surface area (Å²) in [4.78, 5) is 14.9. The lowest BCUT2D eigenvalue weighted by atomic mass is 10.4. The molecular formula is C6H7N2OPS. The molecule has 0 atom stereocenters. The number of rotatable bonds is 3. The van der Waals surface area contributed by atoms with E-state index in [0.717, 1.165) is 13.5 Å². The summed E-state index contributed by atoms with van der Waals surface area (Å²) in [6.45, 7) is 0. The van der Waals surface area contributed by atoms with E-state index < -0.39 is 0 Å². The Morgan fingerprint density at radius 2 is 2.55 bits per heavy atom. The summed E-state index contributed by atoms with van der Waals surface area (Å²) in [7, 11) is 0.845. The van der Waals surface area contributed by atoms with Gasteiger partial charge in [-0.25, -0.2) is 4.98 Å². The third-order valence-electron chi connectivity index (χ3n) is 1.21. The highest BCUT2D eigenvalue weighted by atomic mass is 32.4. The zero-order chi connectivity index (χ0) is 8.10. The van der Waals surface area contributed by atoms with Crippen molar-refractivity contribution in [1.29, 1.82) is 0 Å². The molecule has 0 spiro atoms. The fourth-order valence-electron chi connectivity index (χ4n) is 0.677. The van der Waals surface area contributed by atoms with Gasteiger partial charge in [0, 0.05) is 25.0 Å². The number of imidazole rings is 1. The lowest BCUT2D eigenvalue weighted by Gasteiger charge is -1.95. The van der Waals surface area contributed by atoms with Crippen molar-refractivity contribution in [2.24, 2.45) is 0 Å². The predicted octanol–water partition coefficient (Wildman–Crippen LogP) is 1.32. The van der Waals surface area contributed by atoms with E-state index in [2.05, 4.69) is 4.98 Å². The Kier molecular flexibility index (Phi) is 3.33. The number of hydrogen-bond acceptors (Lipinski definition) is 3. The Morgan fingerprint density at radius 3 is 3.09 bits per heavy atom. The van der Waals surface area contributed by atoms with Crippen LogP contribution in [0.5, 0.6) is 0 Å². The van der Waals surface area contributed by atoms with E-state index in [4.69, 9.17) is 11.8 Å². The van der Waals surface area contributed by atoms with Gasteiger partial charge in [0.25, 0.3) is 0 Å². The van der Waals surface area contributed by atoms with E-state index in [9.17, 15) is 4.79 Å². The summed E-state index contributed by atoms with van der Waals surface area (Å²) in [6.07, 6.45) is 5.97. The Bertz CT molecular complexity index is 247. The van der Waals surface area contributed by atoms with Crippen LogP contribution in [0, 0.1) is 0 Å². The fourth-order valence-corrected chi connectivity index (χ4v) is 1.23. The summed E-state index contributed by atoms with van der Waals surface area (Å²) in [5.41, 5.74) is 0. The molecule has 5 heteroatoms. The SMILES string of the molecule is O=C(CCP=S)n1ccnc1. The summed E-state index contributed by atoms with van der Waals surface area (Å²) in [5.74, 6) is 0.0554. The summed E-state index contributed by atoms with van der Waals surface area (Å²) in [5, 5.41) is 0. The Labute approximate surface area is 71.3 Å². The molecule has 1 aromatic heterocycles. The van der Waals surface area contributed by atoms with Gasteiger partial charge >= 0.3 is 0 Å². The van der Waals surface area contributed by atoms with Crippen molar-refractivity contribution in [2.75, 3.05) is 6.16 Å². The van der Waals surface area contributed by atoms with Gasteiger partial charge in [-0.3, -0.25) is 9.36 Å². The molecule has 0 unspecified atom stereocenters. The molecule has 0 aliphatic rings. The Balaban J connectivity index is 2.49. The van der Waals surface area contributed by atoms with Gasteiger partial charge < -0.3 is 0 Å². The van der Waals surface area contributed by atoms with Gasteiger partial charge in [0.2, 0.25) is 5.91 Å². The number of carbonyl (C=O) groups excluding carboxylic acids is 1. The van der Waals surface area contributed by atoms with Crippen molar-refractivity contribution in [3.05, 3.63) is 18.7 Å². The van der Waals surface area contributed by atoms with Crippen LogP contribution in [0.25, 0.3) is 0 Å². The molecule has 58 valence electrons. The van der Waals surface area contributed by atoms with Crippen LogP contribution < -0.4 is 0 Å². The first-order chi connectivity index (χ1) is 5.34. The predicted molar refractivity (Wildman–Crippen MR) is 46.6 cm³/mol. The number of aromatic nitrogens is 2. The molecule has 1 rings (SSSR count). The maximum absolute atomic E-state index is 11.1. The third-order valence-corrected chi connectivity index (χ3v) is 2.16. The highest BCUT2D eigenvalue weighted by molar-refractivity contribution is 7.96. The van der Waals surface area contributed by atoms with Crippen LogP contribution in [0.15, 0.2) is 18.7 Å². The topological polar surface area (TPSA) is 34.9 Å². The summed E-state index contributed by atoms with van der Waals surface area (Å²) < 4.78 is 1.47. The van der Waals surface area contributed by atoms with Crippen LogP contribution in [0.2, 0.25) is 0 Å². The van der Waals surface area contributed by atoms with Crippen molar-refractivity contribution in [3.63, 3.8) is 0 Å². The smallest absolute Gasteiger partial charge is 0.232 e. The van der Waals surface area contributed by atoms with Crippen molar-refractivity contribution < 1.29 is 4.79 Å². The molecule has 3 nitrogen and oxygen atoms in total. The highest BCUT2D eigenvalue weighted by Gasteiger charge is 2.00. The standard InChI is InChI=1S/C6H7N2OPS/c9-6(1-4-10-11)8-3-2-7-5-8/h2-3,5H,1,4H2. The second-order valence-electron chi connectivity index (χ2n) is 1.97. The van der Waals surface area contributed by atoms with Gasteiger partial charge in [-0.05, 0) is 7.36 Å². The van der Waals surface area contributed by atoms with E-state index in [1.54, 1.807) is 12.4 Å². The molecule has 0 saturated heterocycles. The molecule has 0 fully saturated rings. The average Bonchev–Trinajstić information content (AvgIpc) is 2.52. The third kappa shape index (κ3) is 2.48. The minimum absolute atomic E-state index is 0.0554. The van der Waals surface area contributed by atoms with Crippen molar-refractivity contribution in [1.82, 2.24) is 9.55 Å². The minimum atomic E-state index is 0.0554. The second-order valence-corrected chi connectivity index (χ2v) is 3.45. The van der Waals surface area contributed by atoms with Gasteiger partial charge in [-0.2, -0.15) is 0 Å². The molecule has 1 heterocycles. The van der Waals surface area contributed by atoms with Gasteiger partial charge in [0.1, 0.15) is 6.33 Å². The molecule has 0 radical (unpaired) electrons. The number of hydrogen-bond donors (Lipinski definition) is 0. The molecule has 0 N–H and O–H groups in total. The average molecular weight is 186 g/mol. The first-order valence-corrected chi connectivity index (χ1v) is 5.24.